The Labute approximate surface area is 126 Å². The van der Waals surface area contributed by atoms with Crippen molar-refractivity contribution in [2.75, 3.05) is 21.3 Å². The van der Waals surface area contributed by atoms with Gasteiger partial charge in [-0.05, 0) is 41.7 Å². The largest absolute Gasteiger partial charge is 0.497 e. The fourth-order valence-corrected chi connectivity index (χ4v) is 2.40. The van der Waals surface area contributed by atoms with Crippen LogP contribution in [-0.4, -0.2) is 21.3 Å². The van der Waals surface area contributed by atoms with Gasteiger partial charge in [0.25, 0.3) is 0 Å². The molecule has 21 heavy (non-hydrogen) atoms. The summed E-state index contributed by atoms with van der Waals surface area (Å²) in [6.07, 6.45) is 0.916. The average Bonchev–Trinajstić information content (AvgIpc) is 2.55. The number of ether oxygens (including phenoxy) is 3. The van der Waals surface area contributed by atoms with Crippen LogP contribution >= 0.6 is 0 Å². The minimum absolute atomic E-state index is 0.401. The second kappa shape index (κ2) is 7.02. The third-order valence-corrected chi connectivity index (χ3v) is 3.71. The van der Waals surface area contributed by atoms with E-state index in [1.54, 1.807) is 21.3 Å². The van der Waals surface area contributed by atoms with E-state index in [9.17, 15) is 0 Å². The topological polar surface area (TPSA) is 27.7 Å². The second-order valence-corrected chi connectivity index (χ2v) is 5.06. The summed E-state index contributed by atoms with van der Waals surface area (Å²) in [7, 11) is 5.03. The molecule has 2 rings (SSSR count). The van der Waals surface area contributed by atoms with Crippen LogP contribution < -0.4 is 14.2 Å². The summed E-state index contributed by atoms with van der Waals surface area (Å²) in [5.41, 5.74) is 2.47. The highest BCUT2D eigenvalue weighted by Gasteiger charge is 2.11. The summed E-state index contributed by atoms with van der Waals surface area (Å²) >= 11 is 0. The van der Waals surface area contributed by atoms with Crippen LogP contribution in [-0.2, 0) is 6.42 Å². The van der Waals surface area contributed by atoms with E-state index in [0.717, 1.165) is 23.7 Å². The molecule has 3 heteroatoms. The SMILES string of the molecule is COc1ccc([C@@H](C)Cc2ccc(OC)cc2OC)cc1. The van der Waals surface area contributed by atoms with Crippen molar-refractivity contribution >= 4 is 0 Å². The van der Waals surface area contributed by atoms with Crippen molar-refractivity contribution < 1.29 is 14.2 Å². The van der Waals surface area contributed by atoms with Gasteiger partial charge >= 0.3 is 0 Å². The summed E-state index contributed by atoms with van der Waals surface area (Å²) < 4.78 is 15.9. The predicted octanol–water partition coefficient (Wildman–Crippen LogP) is 4.06. The lowest BCUT2D eigenvalue weighted by atomic mass is 9.93. The van der Waals surface area contributed by atoms with Crippen molar-refractivity contribution in [1.82, 2.24) is 0 Å². The highest BCUT2D eigenvalue weighted by atomic mass is 16.5. The Kier molecular flexibility index (Phi) is 5.09. The highest BCUT2D eigenvalue weighted by Crippen LogP contribution is 2.30. The Balaban J connectivity index is 2.16. The van der Waals surface area contributed by atoms with Crippen LogP contribution in [0.5, 0.6) is 17.2 Å². The molecule has 0 fully saturated rings. The average molecular weight is 286 g/mol. The van der Waals surface area contributed by atoms with Crippen molar-refractivity contribution in [3.05, 3.63) is 53.6 Å². The summed E-state index contributed by atoms with van der Waals surface area (Å²) in [4.78, 5) is 0. The van der Waals surface area contributed by atoms with Crippen LogP contribution in [0, 0.1) is 0 Å². The van der Waals surface area contributed by atoms with E-state index < -0.39 is 0 Å². The summed E-state index contributed by atoms with van der Waals surface area (Å²) in [6.45, 7) is 2.21. The molecule has 0 bridgehead atoms. The van der Waals surface area contributed by atoms with Gasteiger partial charge in [-0.1, -0.05) is 25.1 Å². The molecule has 0 radical (unpaired) electrons. The first-order valence-corrected chi connectivity index (χ1v) is 7.02. The Bertz CT molecular complexity index is 576. The standard InChI is InChI=1S/C18H22O3/c1-13(14-5-8-16(19-2)9-6-14)11-15-7-10-17(20-3)12-18(15)21-4/h5-10,12-13H,11H2,1-4H3/t13-/m0/s1. The highest BCUT2D eigenvalue weighted by molar-refractivity contribution is 5.42. The smallest absolute Gasteiger partial charge is 0.125 e. The minimum atomic E-state index is 0.401. The van der Waals surface area contributed by atoms with Gasteiger partial charge in [-0.15, -0.1) is 0 Å². The number of methoxy groups -OCH3 is 3. The molecule has 0 aliphatic carbocycles. The van der Waals surface area contributed by atoms with Crippen molar-refractivity contribution in [3.63, 3.8) is 0 Å². The molecular formula is C18H22O3. The predicted molar refractivity (Wildman–Crippen MR) is 84.7 cm³/mol. The summed E-state index contributed by atoms with van der Waals surface area (Å²) in [6, 6.07) is 14.2. The number of rotatable bonds is 6. The van der Waals surface area contributed by atoms with Gasteiger partial charge in [0.05, 0.1) is 21.3 Å². The number of benzene rings is 2. The Morgan fingerprint density at radius 3 is 2.00 bits per heavy atom. The van der Waals surface area contributed by atoms with Gasteiger partial charge in [0, 0.05) is 6.07 Å². The van der Waals surface area contributed by atoms with E-state index in [1.165, 1.54) is 11.1 Å². The van der Waals surface area contributed by atoms with E-state index in [0.29, 0.717) is 5.92 Å². The van der Waals surface area contributed by atoms with Gasteiger partial charge in [-0.3, -0.25) is 0 Å². The van der Waals surface area contributed by atoms with Crippen molar-refractivity contribution in [3.8, 4) is 17.2 Å². The van der Waals surface area contributed by atoms with Crippen LogP contribution in [0.4, 0.5) is 0 Å². The summed E-state index contributed by atoms with van der Waals surface area (Å²) in [5, 5.41) is 0. The molecule has 0 saturated heterocycles. The van der Waals surface area contributed by atoms with Crippen molar-refractivity contribution in [1.29, 1.82) is 0 Å². The van der Waals surface area contributed by atoms with Gasteiger partial charge in [0.2, 0.25) is 0 Å². The lowest BCUT2D eigenvalue weighted by Gasteiger charge is -2.15. The van der Waals surface area contributed by atoms with Gasteiger partial charge < -0.3 is 14.2 Å². The van der Waals surface area contributed by atoms with Gasteiger partial charge in [-0.25, -0.2) is 0 Å². The van der Waals surface area contributed by atoms with E-state index in [2.05, 4.69) is 25.1 Å². The lowest BCUT2D eigenvalue weighted by Crippen LogP contribution is -2.01. The molecule has 0 amide bonds. The molecule has 0 heterocycles. The third-order valence-electron chi connectivity index (χ3n) is 3.71. The van der Waals surface area contributed by atoms with Gasteiger partial charge in [-0.2, -0.15) is 0 Å². The minimum Gasteiger partial charge on any atom is -0.497 e. The molecule has 2 aromatic carbocycles. The van der Waals surface area contributed by atoms with Gasteiger partial charge in [0.15, 0.2) is 0 Å². The van der Waals surface area contributed by atoms with Crippen LogP contribution in [0.25, 0.3) is 0 Å². The normalized spacial score (nSPS) is 11.8. The zero-order chi connectivity index (χ0) is 15.2. The molecule has 112 valence electrons. The maximum Gasteiger partial charge on any atom is 0.125 e. The monoisotopic (exact) mass is 286 g/mol. The van der Waals surface area contributed by atoms with E-state index >= 15 is 0 Å². The van der Waals surface area contributed by atoms with E-state index in [-0.39, 0.29) is 0 Å². The maximum absolute atomic E-state index is 5.46. The van der Waals surface area contributed by atoms with Crippen LogP contribution in [0.3, 0.4) is 0 Å². The Morgan fingerprint density at radius 2 is 1.43 bits per heavy atom. The maximum atomic E-state index is 5.46. The van der Waals surface area contributed by atoms with Crippen LogP contribution in [0.2, 0.25) is 0 Å². The molecule has 0 saturated carbocycles. The molecule has 0 spiro atoms. The molecule has 2 aromatic rings. The lowest BCUT2D eigenvalue weighted by molar-refractivity contribution is 0.390. The molecule has 0 aliphatic rings. The fourth-order valence-electron chi connectivity index (χ4n) is 2.40. The first-order chi connectivity index (χ1) is 10.2. The number of hydrogen-bond donors (Lipinski definition) is 0. The molecule has 3 nitrogen and oxygen atoms in total. The molecular weight excluding hydrogens is 264 g/mol. The molecule has 1 atom stereocenters. The second-order valence-electron chi connectivity index (χ2n) is 5.06. The summed E-state index contributed by atoms with van der Waals surface area (Å²) in [5.74, 6) is 2.97. The quantitative estimate of drug-likeness (QED) is 0.801. The van der Waals surface area contributed by atoms with Crippen molar-refractivity contribution in [2.24, 2.45) is 0 Å². The zero-order valence-corrected chi connectivity index (χ0v) is 13.1. The van der Waals surface area contributed by atoms with E-state index in [1.807, 2.05) is 24.3 Å². The van der Waals surface area contributed by atoms with Crippen molar-refractivity contribution in [2.45, 2.75) is 19.3 Å². The molecule has 0 aliphatic heterocycles. The Morgan fingerprint density at radius 1 is 0.810 bits per heavy atom. The molecule has 0 aromatic heterocycles. The van der Waals surface area contributed by atoms with E-state index in [4.69, 9.17) is 14.2 Å². The first-order valence-electron chi connectivity index (χ1n) is 7.02. The number of hydrogen-bond acceptors (Lipinski definition) is 3. The van der Waals surface area contributed by atoms with Crippen LogP contribution in [0.15, 0.2) is 42.5 Å². The Hall–Kier alpha value is -2.16. The molecule has 0 N–H and O–H groups in total. The van der Waals surface area contributed by atoms with Crippen LogP contribution in [0.1, 0.15) is 24.0 Å². The third kappa shape index (κ3) is 3.69. The molecule has 0 unspecified atom stereocenters. The van der Waals surface area contributed by atoms with Gasteiger partial charge in [0.1, 0.15) is 17.2 Å². The fraction of sp³-hybridized carbons (Fsp3) is 0.333. The first kappa shape index (κ1) is 15.2. The zero-order valence-electron chi connectivity index (χ0n) is 13.1.